The van der Waals surface area contributed by atoms with E-state index < -0.39 is 0 Å². The highest BCUT2D eigenvalue weighted by Gasteiger charge is 2.23. The van der Waals surface area contributed by atoms with Gasteiger partial charge in [0.05, 0.1) is 10.7 Å². The van der Waals surface area contributed by atoms with Crippen LogP contribution in [0, 0.1) is 5.82 Å². The lowest BCUT2D eigenvalue weighted by atomic mass is 9.91. The molecule has 0 radical (unpaired) electrons. The highest BCUT2D eigenvalue weighted by molar-refractivity contribution is 7.11. The maximum absolute atomic E-state index is 13.8. The Hall–Kier alpha value is -0.970. The zero-order chi connectivity index (χ0) is 14.9. The summed E-state index contributed by atoms with van der Waals surface area (Å²) in [7, 11) is 0. The molecule has 0 bridgehead atoms. The summed E-state index contributed by atoms with van der Waals surface area (Å²) in [5, 5.41) is 1.29. The molecule has 0 fully saturated rings. The average molecular weight is 313 g/mol. The molecule has 0 saturated carbocycles. The number of rotatable bonds is 3. The van der Waals surface area contributed by atoms with Crippen LogP contribution in [0.2, 0.25) is 5.02 Å². The molecule has 1 aromatic heterocycles. The summed E-state index contributed by atoms with van der Waals surface area (Å²) < 4.78 is 13.8. The summed E-state index contributed by atoms with van der Waals surface area (Å²) in [6.07, 6.45) is 0.402. The van der Waals surface area contributed by atoms with Crippen LogP contribution in [-0.4, -0.2) is 4.98 Å². The number of nitrogens with zero attached hydrogens (tertiary/aromatic N) is 1. The molecule has 2 nitrogen and oxygen atoms in total. The monoisotopic (exact) mass is 312 g/mol. The van der Waals surface area contributed by atoms with Crippen molar-refractivity contribution in [3.8, 4) is 0 Å². The highest BCUT2D eigenvalue weighted by atomic mass is 35.5. The van der Waals surface area contributed by atoms with Crippen LogP contribution < -0.4 is 5.73 Å². The van der Waals surface area contributed by atoms with Gasteiger partial charge >= 0.3 is 0 Å². The average Bonchev–Trinajstić information content (AvgIpc) is 2.77. The topological polar surface area (TPSA) is 38.9 Å². The van der Waals surface area contributed by atoms with Gasteiger partial charge in [0.2, 0.25) is 0 Å². The minimum atomic E-state index is -0.292. The van der Waals surface area contributed by atoms with Crippen molar-refractivity contribution in [2.45, 2.75) is 39.2 Å². The van der Waals surface area contributed by atoms with Crippen molar-refractivity contribution >= 4 is 22.9 Å². The fraction of sp³-hybridized carbons (Fsp3) is 0.400. The maximum atomic E-state index is 13.8. The van der Waals surface area contributed by atoms with E-state index in [1.807, 2.05) is 0 Å². The van der Waals surface area contributed by atoms with Gasteiger partial charge in [-0.05, 0) is 12.1 Å². The minimum absolute atomic E-state index is 0.0670. The molecule has 5 heteroatoms. The first kappa shape index (κ1) is 15.4. The molecule has 0 aliphatic carbocycles. The molecule has 2 rings (SSSR count). The lowest BCUT2D eigenvalue weighted by Gasteiger charge is -2.16. The number of aromatic nitrogens is 1. The fourth-order valence-corrected chi connectivity index (χ4v) is 3.45. The van der Waals surface area contributed by atoms with Crippen molar-refractivity contribution in [3.05, 3.63) is 50.2 Å². The van der Waals surface area contributed by atoms with Crippen LogP contribution in [0.25, 0.3) is 0 Å². The van der Waals surface area contributed by atoms with Gasteiger partial charge in [0.25, 0.3) is 0 Å². The van der Waals surface area contributed by atoms with Gasteiger partial charge in [0, 0.05) is 33.8 Å². The summed E-state index contributed by atoms with van der Waals surface area (Å²) in [5.41, 5.74) is 7.20. The Bertz CT molecular complexity index is 597. The Morgan fingerprint density at radius 1 is 1.35 bits per heavy atom. The summed E-state index contributed by atoms with van der Waals surface area (Å²) >= 11 is 7.60. The molecule has 20 heavy (non-hydrogen) atoms. The third-order valence-electron chi connectivity index (χ3n) is 3.03. The van der Waals surface area contributed by atoms with Crippen molar-refractivity contribution in [2.24, 2.45) is 5.73 Å². The normalized spacial score (nSPS) is 11.9. The first-order chi connectivity index (χ1) is 9.32. The number of hydrogen-bond donors (Lipinski definition) is 1. The molecule has 1 aromatic carbocycles. The second-order valence-corrected chi connectivity index (χ2v) is 7.29. The van der Waals surface area contributed by atoms with Gasteiger partial charge in [0.1, 0.15) is 5.82 Å². The first-order valence-electron chi connectivity index (χ1n) is 6.45. The zero-order valence-electron chi connectivity index (χ0n) is 11.8. The molecule has 0 aliphatic rings. The van der Waals surface area contributed by atoms with Gasteiger partial charge in [-0.3, -0.25) is 0 Å². The molecular weight excluding hydrogens is 295 g/mol. The lowest BCUT2D eigenvalue weighted by molar-refractivity contribution is 0.564. The quantitative estimate of drug-likeness (QED) is 0.918. The van der Waals surface area contributed by atoms with Crippen LogP contribution in [0.5, 0.6) is 0 Å². The van der Waals surface area contributed by atoms with Crippen LogP contribution in [0.15, 0.2) is 18.2 Å². The molecule has 1 heterocycles. The van der Waals surface area contributed by atoms with Crippen LogP contribution >= 0.6 is 22.9 Å². The molecule has 0 atom stereocenters. The Kier molecular flexibility index (Phi) is 4.47. The zero-order valence-corrected chi connectivity index (χ0v) is 13.4. The van der Waals surface area contributed by atoms with Crippen LogP contribution in [0.3, 0.4) is 0 Å². The Balaban J connectivity index is 2.38. The molecule has 0 unspecified atom stereocenters. The predicted molar refractivity (Wildman–Crippen MR) is 82.9 cm³/mol. The van der Waals surface area contributed by atoms with E-state index in [-0.39, 0.29) is 11.2 Å². The van der Waals surface area contributed by atoms with E-state index in [4.69, 9.17) is 17.3 Å². The van der Waals surface area contributed by atoms with Crippen LogP contribution in [-0.2, 0) is 18.4 Å². The Morgan fingerprint density at radius 2 is 2.05 bits per heavy atom. The Morgan fingerprint density at radius 3 is 2.55 bits per heavy atom. The van der Waals surface area contributed by atoms with E-state index >= 15 is 0 Å². The summed E-state index contributed by atoms with van der Waals surface area (Å²) in [4.78, 5) is 5.70. The second-order valence-electron chi connectivity index (χ2n) is 5.71. The van der Waals surface area contributed by atoms with E-state index in [0.29, 0.717) is 23.6 Å². The van der Waals surface area contributed by atoms with Crippen LogP contribution in [0.1, 0.15) is 41.9 Å². The van der Waals surface area contributed by atoms with Gasteiger partial charge in [-0.2, -0.15) is 0 Å². The minimum Gasteiger partial charge on any atom is -0.326 e. The third kappa shape index (κ3) is 3.19. The van der Waals surface area contributed by atoms with Gasteiger partial charge < -0.3 is 5.73 Å². The lowest BCUT2D eigenvalue weighted by Crippen LogP contribution is -2.15. The van der Waals surface area contributed by atoms with Crippen molar-refractivity contribution in [1.82, 2.24) is 4.98 Å². The van der Waals surface area contributed by atoms with Gasteiger partial charge in [-0.25, -0.2) is 9.37 Å². The maximum Gasteiger partial charge on any atom is 0.128 e. The van der Waals surface area contributed by atoms with E-state index in [2.05, 4.69) is 25.8 Å². The first-order valence-corrected chi connectivity index (χ1v) is 7.64. The van der Waals surface area contributed by atoms with Crippen molar-refractivity contribution < 1.29 is 4.39 Å². The van der Waals surface area contributed by atoms with Crippen molar-refractivity contribution in [3.63, 3.8) is 0 Å². The molecule has 2 N–H and O–H groups in total. The molecule has 0 amide bonds. The third-order valence-corrected chi connectivity index (χ3v) is 4.46. The van der Waals surface area contributed by atoms with Gasteiger partial charge in [-0.1, -0.05) is 38.4 Å². The fourth-order valence-electron chi connectivity index (χ4n) is 2.05. The molecule has 108 valence electrons. The number of hydrogen-bond acceptors (Lipinski definition) is 3. The van der Waals surface area contributed by atoms with Crippen molar-refractivity contribution in [1.29, 1.82) is 0 Å². The largest absolute Gasteiger partial charge is 0.326 e. The van der Waals surface area contributed by atoms with E-state index in [0.717, 1.165) is 15.6 Å². The Labute approximate surface area is 127 Å². The smallest absolute Gasteiger partial charge is 0.128 e. The number of thiazole rings is 1. The second kappa shape index (κ2) is 5.80. The summed E-state index contributed by atoms with van der Waals surface area (Å²) in [6.45, 7) is 6.75. The molecule has 0 saturated heterocycles. The molecule has 0 spiro atoms. The molecule has 2 aromatic rings. The summed E-state index contributed by atoms with van der Waals surface area (Å²) in [5.74, 6) is -0.292. The molecular formula is C15H18ClFN2S. The summed E-state index contributed by atoms with van der Waals surface area (Å²) in [6, 6.07) is 4.72. The van der Waals surface area contributed by atoms with Crippen molar-refractivity contribution in [2.75, 3.05) is 0 Å². The predicted octanol–water partition coefficient (Wildman–Crippen LogP) is 4.28. The standard InChI is InChI=1S/C15H18ClFN2S/c1-15(2,3)14-12(8-18)20-13(19-14)7-9-10(16)5-4-6-11(9)17/h4-6H,7-8,18H2,1-3H3. The van der Waals surface area contributed by atoms with Gasteiger partial charge in [-0.15, -0.1) is 11.3 Å². The van der Waals surface area contributed by atoms with Crippen LogP contribution in [0.4, 0.5) is 4.39 Å². The highest BCUT2D eigenvalue weighted by Crippen LogP contribution is 2.31. The SMILES string of the molecule is CC(C)(C)c1nc(Cc2c(F)cccc2Cl)sc1CN. The number of halogens is 2. The number of benzene rings is 1. The van der Waals surface area contributed by atoms with E-state index in [1.54, 1.807) is 12.1 Å². The number of nitrogens with two attached hydrogens (primary N) is 1. The van der Waals surface area contributed by atoms with E-state index in [1.165, 1.54) is 17.4 Å². The van der Waals surface area contributed by atoms with E-state index in [9.17, 15) is 4.39 Å². The molecule has 0 aliphatic heterocycles. The van der Waals surface area contributed by atoms with Gasteiger partial charge in [0.15, 0.2) is 0 Å².